The van der Waals surface area contributed by atoms with Gasteiger partial charge in [0.05, 0.1) is 61.3 Å². The van der Waals surface area contributed by atoms with E-state index < -0.39 is 30.5 Å². The molecule has 4 amide bonds. The van der Waals surface area contributed by atoms with Crippen molar-refractivity contribution in [3.05, 3.63) is 102 Å². The second-order valence-electron chi connectivity index (χ2n) is 17.7. The van der Waals surface area contributed by atoms with Crippen molar-refractivity contribution in [2.24, 2.45) is 11.8 Å². The maximum atomic E-state index is 13.8. The molecule has 0 spiro atoms. The zero-order valence-corrected chi connectivity index (χ0v) is 37.5. The fourth-order valence-electron chi connectivity index (χ4n) is 9.60. The topological polar surface area (TPSA) is 189 Å². The molecule has 0 radical (unpaired) electrons. The van der Waals surface area contributed by atoms with E-state index in [-0.39, 0.29) is 35.7 Å². The Hall–Kier alpha value is -7.10. The van der Waals surface area contributed by atoms with Gasteiger partial charge in [0.1, 0.15) is 29.5 Å². The summed E-state index contributed by atoms with van der Waals surface area (Å²) in [6.07, 6.45) is 5.10. The first-order valence-corrected chi connectivity index (χ1v) is 22.4. The summed E-state index contributed by atoms with van der Waals surface area (Å²) in [5.74, 6) is 1.53. The number of carbonyl (C=O) groups is 4. The third-order valence-corrected chi connectivity index (χ3v) is 13.0. The highest BCUT2D eigenvalue weighted by Gasteiger charge is 2.39. The van der Waals surface area contributed by atoms with Crippen LogP contribution in [0.15, 0.2) is 85.2 Å². The van der Waals surface area contributed by atoms with Gasteiger partial charge in [0, 0.05) is 40.7 Å². The van der Waals surface area contributed by atoms with Crippen LogP contribution < -0.4 is 15.4 Å². The Morgan fingerprint density at radius 1 is 0.708 bits per heavy atom. The van der Waals surface area contributed by atoms with Crippen LogP contribution in [0.3, 0.4) is 0 Å². The number of rotatable bonds is 11. The molecular weight excluding hydrogens is 827 g/mol. The molecule has 6 heterocycles. The van der Waals surface area contributed by atoms with Crippen molar-refractivity contribution in [1.82, 2.24) is 44.9 Å². The van der Waals surface area contributed by atoms with Crippen molar-refractivity contribution in [2.75, 3.05) is 27.3 Å². The van der Waals surface area contributed by atoms with Crippen molar-refractivity contribution in [2.45, 2.75) is 83.8 Å². The van der Waals surface area contributed by atoms with E-state index in [1.165, 1.54) is 14.2 Å². The van der Waals surface area contributed by atoms with Crippen LogP contribution in [-0.2, 0) is 19.1 Å². The van der Waals surface area contributed by atoms with Gasteiger partial charge in [-0.05, 0) is 73.9 Å². The molecule has 0 saturated carbocycles. The Balaban J connectivity index is 1.00. The smallest absolute Gasteiger partial charge is 0.407 e. The summed E-state index contributed by atoms with van der Waals surface area (Å²) in [6, 6.07) is 22.9. The molecular formula is C49H55N9O7. The average molecular weight is 882 g/mol. The van der Waals surface area contributed by atoms with Crippen molar-refractivity contribution in [1.29, 1.82) is 0 Å². The van der Waals surface area contributed by atoms with Gasteiger partial charge in [-0.1, -0.05) is 64.1 Å². The Labute approximate surface area is 377 Å². The van der Waals surface area contributed by atoms with E-state index >= 15 is 0 Å². The molecule has 9 rings (SSSR count). The fraction of sp³-hybridized carbons (Fsp3) is 0.388. The van der Waals surface area contributed by atoms with E-state index in [1.807, 2.05) is 74.0 Å². The molecule has 16 nitrogen and oxygen atoms in total. The Morgan fingerprint density at radius 2 is 1.25 bits per heavy atom. The first-order chi connectivity index (χ1) is 31.4. The third-order valence-electron chi connectivity index (χ3n) is 13.0. The van der Waals surface area contributed by atoms with Gasteiger partial charge in [-0.25, -0.2) is 19.6 Å². The predicted molar refractivity (Wildman–Crippen MR) is 243 cm³/mol. The van der Waals surface area contributed by atoms with Crippen LogP contribution in [0.1, 0.15) is 88.6 Å². The van der Waals surface area contributed by atoms with Crippen LogP contribution in [0.4, 0.5) is 9.59 Å². The van der Waals surface area contributed by atoms with Gasteiger partial charge in [-0.3, -0.25) is 9.59 Å². The summed E-state index contributed by atoms with van der Waals surface area (Å²) in [6.45, 7) is 8.78. The van der Waals surface area contributed by atoms with Crippen LogP contribution in [0.2, 0.25) is 0 Å². The maximum absolute atomic E-state index is 13.8. The number of alkyl carbamates (subject to hydrolysis) is 2. The van der Waals surface area contributed by atoms with Crippen molar-refractivity contribution >= 4 is 34.9 Å². The summed E-state index contributed by atoms with van der Waals surface area (Å²) in [4.78, 5) is 72.0. The highest BCUT2D eigenvalue weighted by Crippen LogP contribution is 2.46. The summed E-state index contributed by atoms with van der Waals surface area (Å²) in [5.41, 5.74) is 7.34. The van der Waals surface area contributed by atoms with Gasteiger partial charge in [0.25, 0.3) is 0 Å². The molecule has 65 heavy (non-hydrogen) atoms. The zero-order valence-electron chi connectivity index (χ0n) is 37.5. The largest absolute Gasteiger partial charge is 0.465 e. The summed E-state index contributed by atoms with van der Waals surface area (Å²) in [7, 11) is 2.58. The normalized spacial score (nSPS) is 18.9. The first-order valence-electron chi connectivity index (χ1n) is 22.4. The number of methoxy groups -OCH3 is 2. The minimum absolute atomic E-state index is 0.123. The number of aromatic amines is 2. The minimum Gasteiger partial charge on any atom is -0.465 e. The predicted octanol–water partition coefficient (Wildman–Crippen LogP) is 8.12. The molecule has 6 aromatic rings. The van der Waals surface area contributed by atoms with Crippen molar-refractivity contribution in [3.63, 3.8) is 0 Å². The van der Waals surface area contributed by atoms with Gasteiger partial charge in [0.2, 0.25) is 18.0 Å². The molecule has 16 heteroatoms. The number of nitrogens with one attached hydrogen (secondary N) is 4. The number of imidazole rings is 2. The Bertz CT molecular complexity index is 2740. The van der Waals surface area contributed by atoms with E-state index in [2.05, 4.69) is 67.6 Å². The summed E-state index contributed by atoms with van der Waals surface area (Å²) >= 11 is 0. The van der Waals surface area contributed by atoms with Gasteiger partial charge in [0.15, 0.2) is 0 Å². The number of aromatic nitrogens is 5. The van der Waals surface area contributed by atoms with Crippen LogP contribution in [0.5, 0.6) is 5.75 Å². The minimum atomic E-state index is -0.713. The number of fused-ring (bicyclic) bond motifs is 5. The summed E-state index contributed by atoms with van der Waals surface area (Å²) in [5, 5.41) is 6.45. The van der Waals surface area contributed by atoms with E-state index in [9.17, 15) is 19.2 Å². The van der Waals surface area contributed by atoms with E-state index in [4.69, 9.17) is 24.2 Å². The SMILES string of the molecule is COC(=O)N[C@H](C(=O)N1CCCC1c1cnc(-c2ccc3c(c2)O[C@@H](c2ccccc2)n2c-3cc3cc(-c4ncc(C5CCCN5C(=O)[C@@H](NC(=O)OC)C(C)C)[nH]4)ccc32)[nH]1)C(C)C. The molecule has 3 aromatic carbocycles. The lowest BCUT2D eigenvalue weighted by Gasteiger charge is -2.30. The molecule has 2 saturated heterocycles. The Kier molecular flexibility index (Phi) is 11.8. The second-order valence-corrected chi connectivity index (χ2v) is 17.7. The van der Waals surface area contributed by atoms with Gasteiger partial charge < -0.3 is 49.2 Å². The molecule has 3 aliphatic rings. The molecule has 4 N–H and O–H groups in total. The molecule has 3 aromatic heterocycles. The second kappa shape index (κ2) is 17.8. The van der Waals surface area contributed by atoms with E-state index in [0.717, 1.165) is 75.9 Å². The van der Waals surface area contributed by atoms with Crippen LogP contribution in [0.25, 0.3) is 44.9 Å². The molecule has 0 aliphatic carbocycles. The lowest BCUT2D eigenvalue weighted by Crippen LogP contribution is -2.51. The highest BCUT2D eigenvalue weighted by atomic mass is 16.5. The number of benzene rings is 3. The van der Waals surface area contributed by atoms with E-state index in [0.29, 0.717) is 30.5 Å². The molecule has 0 bridgehead atoms. The maximum Gasteiger partial charge on any atom is 0.407 e. The Morgan fingerprint density at radius 3 is 1.78 bits per heavy atom. The molecule has 2 fully saturated rings. The van der Waals surface area contributed by atoms with Gasteiger partial charge in [-0.2, -0.15) is 0 Å². The average Bonchev–Trinajstić information content (AvgIpc) is 4.18. The van der Waals surface area contributed by atoms with Crippen molar-refractivity contribution < 1.29 is 33.4 Å². The number of likely N-dealkylation sites (tertiary alicyclic amines) is 2. The van der Waals surface area contributed by atoms with Crippen LogP contribution in [-0.4, -0.2) is 97.7 Å². The first kappa shape index (κ1) is 43.2. The monoisotopic (exact) mass is 881 g/mol. The number of hydrogen-bond donors (Lipinski definition) is 4. The highest BCUT2D eigenvalue weighted by molar-refractivity contribution is 5.92. The number of amides is 4. The lowest BCUT2D eigenvalue weighted by molar-refractivity contribution is -0.136. The molecule has 338 valence electrons. The lowest BCUT2D eigenvalue weighted by atomic mass is 10.0. The number of ether oxygens (including phenoxy) is 3. The van der Waals surface area contributed by atoms with Crippen molar-refractivity contribution in [3.8, 4) is 39.8 Å². The number of H-pyrrole nitrogens is 2. The fourth-order valence-corrected chi connectivity index (χ4v) is 9.60. The number of nitrogens with zero attached hydrogens (tertiary/aromatic N) is 5. The third kappa shape index (κ3) is 8.17. The molecule has 5 atom stereocenters. The van der Waals surface area contributed by atoms with Gasteiger partial charge in [-0.15, -0.1) is 0 Å². The zero-order chi connectivity index (χ0) is 45.5. The quantitative estimate of drug-likeness (QED) is 0.0997. The summed E-state index contributed by atoms with van der Waals surface area (Å²) < 4.78 is 18.8. The number of hydrogen-bond acceptors (Lipinski definition) is 9. The molecule has 3 aliphatic heterocycles. The number of carbonyl (C=O) groups excluding carboxylic acids is 4. The van der Waals surface area contributed by atoms with Crippen LogP contribution >= 0.6 is 0 Å². The van der Waals surface area contributed by atoms with Gasteiger partial charge >= 0.3 is 12.2 Å². The van der Waals surface area contributed by atoms with Crippen LogP contribution in [0, 0.1) is 11.8 Å². The van der Waals surface area contributed by atoms with E-state index in [1.54, 1.807) is 6.20 Å². The molecule has 2 unspecified atom stereocenters. The standard InChI is InChI=1S/C49H55N9O7/c1-27(2)41(54-48(61)63-5)45(59)56-20-10-14-37(56)34-25-50-43(52-34)30-17-19-36-32(22-30)23-39-33-18-16-31(24-40(33)65-47(58(36)39)29-12-8-7-9-13-29)44-51-26-35(53-44)38-15-11-21-57(38)46(60)42(28(3)4)55-49(62)64-6/h7-9,12-13,16-19,22-28,37-38,41-42,47H,10-11,14-15,20-21H2,1-6H3,(H,50,52)(H,51,53)(H,54,61)(H,55,62)/t37?,38?,41-,42-,47-/m0/s1.